The fraction of sp³-hybridized carbons (Fsp3) is 0.480. The number of carbonyl (C=O) groups is 3. The fourth-order valence-corrected chi connectivity index (χ4v) is 3.54. The normalized spacial score (nSPS) is 13.2. The minimum absolute atomic E-state index is 0.174. The van der Waals surface area contributed by atoms with Gasteiger partial charge in [-0.05, 0) is 63.9 Å². The molecule has 0 aliphatic carbocycles. The summed E-state index contributed by atoms with van der Waals surface area (Å²) >= 11 is 0. The van der Waals surface area contributed by atoms with Crippen LogP contribution in [0.2, 0.25) is 0 Å². The summed E-state index contributed by atoms with van der Waals surface area (Å²) in [7, 11) is 0. The predicted molar refractivity (Wildman–Crippen MR) is 136 cm³/mol. The molecular weight excluding hydrogens is 521 g/mol. The van der Waals surface area contributed by atoms with Crippen LogP contribution in [-0.2, 0) is 4.79 Å². The number of likely N-dealkylation sites (tertiary alicyclic amines) is 1. The van der Waals surface area contributed by atoms with Gasteiger partial charge in [0.1, 0.15) is 11.4 Å². The van der Waals surface area contributed by atoms with E-state index >= 15 is 0 Å². The van der Waals surface area contributed by atoms with Gasteiger partial charge >= 0.3 is 12.1 Å². The van der Waals surface area contributed by atoms with Crippen molar-refractivity contribution in [3.8, 4) is 11.4 Å². The van der Waals surface area contributed by atoms with Crippen molar-refractivity contribution in [1.29, 1.82) is 0 Å². The Morgan fingerprint density at radius 2 is 1.87 bits per heavy atom. The van der Waals surface area contributed by atoms with E-state index in [-0.39, 0.29) is 17.5 Å². The number of nitrogens with zero attached hydrogens (tertiary/aromatic N) is 4. The molecule has 0 radical (unpaired) electrons. The van der Waals surface area contributed by atoms with Crippen LogP contribution in [0.5, 0.6) is 5.75 Å². The van der Waals surface area contributed by atoms with Crippen LogP contribution in [0.4, 0.5) is 13.2 Å². The Morgan fingerprint density at radius 3 is 2.49 bits per heavy atom. The number of carboxylic acid groups (broad SMARTS) is 1. The highest BCUT2D eigenvalue weighted by Crippen LogP contribution is 2.25. The maximum atomic E-state index is 12.5. The Balaban J connectivity index is 0.000000673. The smallest absolute Gasteiger partial charge is 0.490 e. The van der Waals surface area contributed by atoms with Crippen LogP contribution in [0, 0.1) is 0 Å². The van der Waals surface area contributed by atoms with Gasteiger partial charge in [-0.1, -0.05) is 11.3 Å². The van der Waals surface area contributed by atoms with Crippen LogP contribution in [0.3, 0.4) is 0 Å². The topological polar surface area (TPSA) is 139 Å². The third kappa shape index (κ3) is 10.4. The Morgan fingerprint density at radius 1 is 1.18 bits per heavy atom. The lowest BCUT2D eigenvalue weighted by Crippen LogP contribution is -2.33. The molecule has 1 aliphatic rings. The number of benzene rings is 1. The number of unbranched alkanes of at least 4 members (excludes halogenated alkanes) is 1. The van der Waals surface area contributed by atoms with Gasteiger partial charge in [-0.2, -0.15) is 13.2 Å². The highest BCUT2D eigenvalue weighted by Gasteiger charge is 2.38. The standard InChI is InChI=1S/C23H32N6O3.C2HF3O2/c1-3-5-8-15-32-21-16-18(22(30)24-4-2)9-10-20(21)29-17-19(26-27-29)23(31)25-11-14-28-12-6-7-13-28;3-2(4,5)1(6)7/h3,9-10,16-17H,1,4-8,11-15H2,2H3,(H,24,30)(H,25,31);(H,6,7). The molecule has 2 heterocycles. The summed E-state index contributed by atoms with van der Waals surface area (Å²) in [5, 5.41) is 20.9. The molecule has 1 saturated heterocycles. The van der Waals surface area contributed by atoms with Crippen LogP contribution in [-0.4, -0.2) is 88.3 Å². The molecule has 0 spiro atoms. The summed E-state index contributed by atoms with van der Waals surface area (Å²) in [5.74, 6) is -2.69. The van der Waals surface area contributed by atoms with Gasteiger partial charge in [-0.15, -0.1) is 11.7 Å². The van der Waals surface area contributed by atoms with Gasteiger partial charge in [0.25, 0.3) is 11.8 Å². The first kappa shape index (κ1) is 31.3. The van der Waals surface area contributed by atoms with E-state index in [0.717, 1.165) is 32.5 Å². The van der Waals surface area contributed by atoms with E-state index in [4.69, 9.17) is 14.6 Å². The molecule has 3 rings (SSSR count). The van der Waals surface area contributed by atoms with Gasteiger partial charge in [-0.3, -0.25) is 9.59 Å². The van der Waals surface area contributed by atoms with Crippen LogP contribution < -0.4 is 15.4 Å². The monoisotopic (exact) mass is 554 g/mol. The summed E-state index contributed by atoms with van der Waals surface area (Å²) in [6.07, 6.45) is 2.40. The maximum absolute atomic E-state index is 12.5. The molecule has 11 nitrogen and oxygen atoms in total. The van der Waals surface area contributed by atoms with E-state index in [1.165, 1.54) is 17.5 Å². The van der Waals surface area contributed by atoms with Gasteiger partial charge < -0.3 is 25.4 Å². The molecule has 0 saturated carbocycles. The van der Waals surface area contributed by atoms with Gasteiger partial charge in [0.05, 0.1) is 12.8 Å². The summed E-state index contributed by atoms with van der Waals surface area (Å²) in [5.41, 5.74) is 1.34. The van der Waals surface area contributed by atoms with Gasteiger partial charge in [0.15, 0.2) is 5.69 Å². The van der Waals surface area contributed by atoms with Crippen molar-refractivity contribution in [3.63, 3.8) is 0 Å². The average Bonchev–Trinajstić information content (AvgIpc) is 3.59. The molecule has 0 atom stereocenters. The zero-order valence-corrected chi connectivity index (χ0v) is 21.7. The molecule has 39 heavy (non-hydrogen) atoms. The number of aromatic nitrogens is 3. The largest absolute Gasteiger partial charge is 0.491 e. The molecule has 0 bridgehead atoms. The van der Waals surface area contributed by atoms with E-state index in [1.807, 2.05) is 13.0 Å². The van der Waals surface area contributed by atoms with Crippen molar-refractivity contribution < 1.29 is 37.4 Å². The van der Waals surface area contributed by atoms with Crippen LogP contribution >= 0.6 is 0 Å². The SMILES string of the molecule is C=CCCCOc1cc(C(=O)NCC)ccc1-n1cc(C(=O)NCCN2CCCC2)nn1.O=C(O)C(F)(F)F. The second-order valence-corrected chi connectivity index (χ2v) is 8.48. The zero-order chi connectivity index (χ0) is 28.8. The highest BCUT2D eigenvalue weighted by atomic mass is 19.4. The minimum Gasteiger partial charge on any atom is -0.491 e. The summed E-state index contributed by atoms with van der Waals surface area (Å²) < 4.78 is 39.2. The molecule has 1 aromatic heterocycles. The highest BCUT2D eigenvalue weighted by molar-refractivity contribution is 5.95. The number of alkyl halides is 3. The Labute approximate surface area is 224 Å². The molecule has 3 N–H and O–H groups in total. The van der Waals surface area contributed by atoms with Crippen molar-refractivity contribution >= 4 is 17.8 Å². The van der Waals surface area contributed by atoms with Gasteiger partial charge in [-0.25, -0.2) is 9.48 Å². The van der Waals surface area contributed by atoms with E-state index in [9.17, 15) is 22.8 Å². The van der Waals surface area contributed by atoms with Crippen molar-refractivity contribution in [2.45, 2.75) is 38.8 Å². The molecular formula is C25H33F3N6O5. The molecule has 1 aromatic carbocycles. The van der Waals surface area contributed by atoms with Crippen molar-refractivity contribution in [3.05, 3.63) is 48.3 Å². The summed E-state index contributed by atoms with van der Waals surface area (Å²) in [6, 6.07) is 5.14. The molecule has 1 fully saturated rings. The van der Waals surface area contributed by atoms with E-state index in [1.54, 1.807) is 24.4 Å². The molecule has 2 amide bonds. The second kappa shape index (κ2) is 15.5. The minimum atomic E-state index is -5.08. The second-order valence-electron chi connectivity index (χ2n) is 8.48. The number of carbonyl (C=O) groups excluding carboxylic acids is 2. The Bertz CT molecular complexity index is 1120. The fourth-order valence-electron chi connectivity index (χ4n) is 3.54. The van der Waals surface area contributed by atoms with Crippen molar-refractivity contribution in [2.24, 2.45) is 0 Å². The van der Waals surface area contributed by atoms with E-state index < -0.39 is 12.1 Å². The quantitative estimate of drug-likeness (QED) is 0.269. The molecule has 14 heteroatoms. The lowest BCUT2D eigenvalue weighted by atomic mass is 10.1. The first-order valence-corrected chi connectivity index (χ1v) is 12.5. The first-order valence-electron chi connectivity index (χ1n) is 12.5. The number of hydrogen-bond acceptors (Lipinski definition) is 7. The number of hydrogen-bond donors (Lipinski definition) is 3. The first-order chi connectivity index (χ1) is 18.6. The van der Waals surface area contributed by atoms with Crippen molar-refractivity contribution in [2.75, 3.05) is 39.3 Å². The lowest BCUT2D eigenvalue weighted by Gasteiger charge is -2.14. The predicted octanol–water partition coefficient (Wildman–Crippen LogP) is 2.82. The molecule has 1 aliphatic heterocycles. The summed E-state index contributed by atoms with van der Waals surface area (Å²) in [4.78, 5) is 35.9. The average molecular weight is 555 g/mol. The Kier molecular flexibility index (Phi) is 12.4. The Hall–Kier alpha value is -3.94. The number of carboxylic acids is 1. The molecule has 2 aromatic rings. The third-order valence-corrected chi connectivity index (χ3v) is 5.50. The number of allylic oxidation sites excluding steroid dienone is 1. The van der Waals surface area contributed by atoms with E-state index in [2.05, 4.69) is 32.4 Å². The lowest BCUT2D eigenvalue weighted by molar-refractivity contribution is -0.192. The number of ether oxygens (including phenoxy) is 1. The molecule has 0 unspecified atom stereocenters. The zero-order valence-electron chi connectivity index (χ0n) is 21.7. The molecule has 214 valence electrons. The van der Waals surface area contributed by atoms with Crippen molar-refractivity contribution in [1.82, 2.24) is 30.5 Å². The van der Waals surface area contributed by atoms with Crippen LogP contribution in [0.1, 0.15) is 53.5 Å². The van der Waals surface area contributed by atoms with Crippen LogP contribution in [0.25, 0.3) is 5.69 Å². The van der Waals surface area contributed by atoms with Crippen LogP contribution in [0.15, 0.2) is 37.1 Å². The number of aliphatic carboxylic acids is 1. The number of amides is 2. The van der Waals surface area contributed by atoms with E-state index in [0.29, 0.717) is 36.7 Å². The number of rotatable bonds is 12. The van der Waals surface area contributed by atoms with Gasteiger partial charge in [0, 0.05) is 25.2 Å². The number of nitrogens with one attached hydrogen (secondary N) is 2. The van der Waals surface area contributed by atoms with Gasteiger partial charge in [0.2, 0.25) is 0 Å². The summed E-state index contributed by atoms with van der Waals surface area (Å²) in [6.45, 7) is 10.2. The maximum Gasteiger partial charge on any atom is 0.490 e. The number of halogens is 3. The third-order valence-electron chi connectivity index (χ3n) is 5.50.